The van der Waals surface area contributed by atoms with Crippen LogP contribution in [0.2, 0.25) is 5.02 Å². The van der Waals surface area contributed by atoms with Crippen LogP contribution in [0.5, 0.6) is 5.75 Å². The lowest BCUT2D eigenvalue weighted by Gasteiger charge is -2.43. The first-order valence-corrected chi connectivity index (χ1v) is 10.2. The highest BCUT2D eigenvalue weighted by atomic mass is 35.5. The molecule has 1 aliphatic rings. The van der Waals surface area contributed by atoms with Crippen molar-refractivity contribution in [3.8, 4) is 5.75 Å². The summed E-state index contributed by atoms with van der Waals surface area (Å²) in [4.78, 5) is 39.3. The third-order valence-electron chi connectivity index (χ3n) is 5.38. The van der Waals surface area contributed by atoms with E-state index in [9.17, 15) is 14.4 Å². The SMILES string of the molecule is CN(C(=O)COC(=O)COc1ccccc1)C1(c2ccccc2Cl)CCCCC1=O. The molecule has 1 amide bonds. The maximum absolute atomic E-state index is 13.0. The molecule has 30 heavy (non-hydrogen) atoms. The minimum atomic E-state index is -1.15. The maximum atomic E-state index is 13.0. The smallest absolute Gasteiger partial charge is 0.344 e. The van der Waals surface area contributed by atoms with E-state index in [1.807, 2.05) is 6.07 Å². The van der Waals surface area contributed by atoms with E-state index < -0.39 is 24.0 Å². The number of carbonyl (C=O) groups is 3. The monoisotopic (exact) mass is 429 g/mol. The Balaban J connectivity index is 1.68. The fourth-order valence-electron chi connectivity index (χ4n) is 3.78. The number of para-hydroxylation sites is 1. The van der Waals surface area contributed by atoms with Crippen molar-refractivity contribution in [3.63, 3.8) is 0 Å². The zero-order valence-corrected chi connectivity index (χ0v) is 17.6. The van der Waals surface area contributed by atoms with Crippen molar-refractivity contribution < 1.29 is 23.9 Å². The van der Waals surface area contributed by atoms with Crippen LogP contribution in [-0.2, 0) is 24.7 Å². The Hall–Kier alpha value is -2.86. The number of esters is 1. The van der Waals surface area contributed by atoms with Crippen LogP contribution in [0.1, 0.15) is 31.2 Å². The fourth-order valence-corrected chi connectivity index (χ4v) is 4.07. The highest BCUT2D eigenvalue weighted by Crippen LogP contribution is 2.42. The van der Waals surface area contributed by atoms with E-state index in [-0.39, 0.29) is 12.4 Å². The first-order valence-electron chi connectivity index (χ1n) is 9.83. The third kappa shape index (κ3) is 4.65. The van der Waals surface area contributed by atoms with Crippen LogP contribution in [0.4, 0.5) is 0 Å². The minimum Gasteiger partial charge on any atom is -0.482 e. The molecule has 2 aromatic rings. The molecule has 0 N–H and O–H groups in total. The first-order chi connectivity index (χ1) is 14.4. The van der Waals surface area contributed by atoms with Crippen LogP contribution in [0.15, 0.2) is 54.6 Å². The van der Waals surface area contributed by atoms with Crippen LogP contribution in [0, 0.1) is 0 Å². The molecule has 1 fully saturated rings. The number of rotatable bonds is 7. The Morgan fingerprint density at radius 1 is 1.03 bits per heavy atom. The van der Waals surface area contributed by atoms with Crippen molar-refractivity contribution in [1.29, 1.82) is 0 Å². The van der Waals surface area contributed by atoms with Gasteiger partial charge in [0, 0.05) is 24.1 Å². The maximum Gasteiger partial charge on any atom is 0.344 e. The summed E-state index contributed by atoms with van der Waals surface area (Å²) in [5.74, 6) is -0.666. The number of likely N-dealkylation sites (N-methyl/N-ethyl adjacent to an activating group) is 1. The Labute approximate surface area is 180 Å². The predicted octanol–water partition coefficient (Wildman–Crippen LogP) is 3.76. The van der Waals surface area contributed by atoms with E-state index in [0.29, 0.717) is 29.2 Å². The summed E-state index contributed by atoms with van der Waals surface area (Å²) >= 11 is 6.40. The van der Waals surface area contributed by atoms with E-state index in [1.54, 1.807) is 55.6 Å². The molecule has 0 aliphatic heterocycles. The van der Waals surface area contributed by atoms with Gasteiger partial charge in [-0.25, -0.2) is 4.79 Å². The molecule has 158 valence electrons. The predicted molar refractivity (Wildman–Crippen MR) is 112 cm³/mol. The minimum absolute atomic E-state index is 0.0589. The lowest BCUT2D eigenvalue weighted by molar-refractivity contribution is -0.158. The van der Waals surface area contributed by atoms with Crippen LogP contribution >= 0.6 is 11.6 Å². The van der Waals surface area contributed by atoms with Gasteiger partial charge in [0.25, 0.3) is 5.91 Å². The highest BCUT2D eigenvalue weighted by Gasteiger charge is 2.47. The van der Waals surface area contributed by atoms with Gasteiger partial charge in [-0.05, 0) is 37.5 Å². The summed E-state index contributed by atoms with van der Waals surface area (Å²) in [5, 5.41) is 0.431. The van der Waals surface area contributed by atoms with Crippen LogP contribution in [-0.4, -0.2) is 42.8 Å². The number of amides is 1. The molecule has 2 aromatic carbocycles. The number of ketones is 1. The van der Waals surface area contributed by atoms with E-state index in [2.05, 4.69) is 0 Å². The molecule has 0 radical (unpaired) electrons. The van der Waals surface area contributed by atoms with Crippen molar-refractivity contribution in [3.05, 3.63) is 65.2 Å². The number of hydrogen-bond acceptors (Lipinski definition) is 5. The summed E-state index contributed by atoms with van der Waals surface area (Å²) in [7, 11) is 1.56. The summed E-state index contributed by atoms with van der Waals surface area (Å²) in [6, 6.07) is 15.9. The molecule has 1 atom stereocenters. The van der Waals surface area contributed by atoms with Gasteiger partial charge < -0.3 is 14.4 Å². The Morgan fingerprint density at radius 3 is 2.43 bits per heavy atom. The van der Waals surface area contributed by atoms with Gasteiger partial charge in [-0.3, -0.25) is 9.59 Å². The molecule has 1 unspecified atom stereocenters. The number of carbonyl (C=O) groups excluding carboxylic acids is 3. The standard InChI is InChI=1S/C23H24ClNO5/c1-25(21(27)15-30-22(28)16-29-17-9-3-2-4-10-17)23(14-8-7-13-20(23)26)18-11-5-6-12-19(18)24/h2-6,9-12H,7-8,13-16H2,1H3. The van der Waals surface area contributed by atoms with Gasteiger partial charge in [0.2, 0.25) is 0 Å². The molecule has 1 aliphatic carbocycles. The number of ether oxygens (including phenoxy) is 2. The normalized spacial score (nSPS) is 18.5. The fraction of sp³-hybridized carbons (Fsp3) is 0.348. The van der Waals surface area contributed by atoms with Gasteiger partial charge in [0.05, 0.1) is 0 Å². The zero-order valence-electron chi connectivity index (χ0n) is 16.8. The molecule has 0 saturated heterocycles. The first kappa shape index (κ1) is 21.8. The highest BCUT2D eigenvalue weighted by molar-refractivity contribution is 6.31. The Morgan fingerprint density at radius 2 is 1.73 bits per heavy atom. The topological polar surface area (TPSA) is 72.9 Å². The molecule has 6 nitrogen and oxygen atoms in total. The Bertz CT molecular complexity index is 917. The van der Waals surface area contributed by atoms with Crippen molar-refractivity contribution in [1.82, 2.24) is 4.90 Å². The van der Waals surface area contributed by atoms with E-state index in [4.69, 9.17) is 21.1 Å². The average Bonchev–Trinajstić information content (AvgIpc) is 2.77. The van der Waals surface area contributed by atoms with Gasteiger partial charge in [-0.15, -0.1) is 0 Å². The van der Waals surface area contributed by atoms with E-state index in [0.717, 1.165) is 12.8 Å². The molecular weight excluding hydrogens is 406 g/mol. The average molecular weight is 430 g/mol. The van der Waals surface area contributed by atoms with Gasteiger partial charge in [-0.1, -0.05) is 48.0 Å². The quantitative estimate of drug-likeness (QED) is 0.626. The van der Waals surface area contributed by atoms with Crippen molar-refractivity contribution in [2.75, 3.05) is 20.3 Å². The van der Waals surface area contributed by atoms with E-state index in [1.165, 1.54) is 4.90 Å². The van der Waals surface area contributed by atoms with Gasteiger partial charge in [0.15, 0.2) is 19.0 Å². The van der Waals surface area contributed by atoms with Crippen molar-refractivity contribution in [2.24, 2.45) is 0 Å². The molecule has 1 saturated carbocycles. The Kier molecular flexibility index (Phi) is 7.11. The van der Waals surface area contributed by atoms with E-state index >= 15 is 0 Å². The van der Waals surface area contributed by atoms with Crippen molar-refractivity contribution in [2.45, 2.75) is 31.2 Å². The lowest BCUT2D eigenvalue weighted by Crippen LogP contribution is -2.55. The molecule has 0 spiro atoms. The lowest BCUT2D eigenvalue weighted by atomic mass is 9.74. The zero-order chi connectivity index (χ0) is 21.6. The van der Waals surface area contributed by atoms with Crippen LogP contribution in [0.3, 0.4) is 0 Å². The molecule has 0 aromatic heterocycles. The summed E-state index contributed by atoms with van der Waals surface area (Å²) in [6.45, 7) is -0.789. The largest absolute Gasteiger partial charge is 0.482 e. The molecule has 0 bridgehead atoms. The second-order valence-corrected chi connectivity index (χ2v) is 7.59. The van der Waals surface area contributed by atoms with Gasteiger partial charge in [0.1, 0.15) is 11.3 Å². The number of benzene rings is 2. The number of halogens is 1. The van der Waals surface area contributed by atoms with Crippen LogP contribution < -0.4 is 4.74 Å². The number of nitrogens with zero attached hydrogens (tertiary/aromatic N) is 1. The second kappa shape index (κ2) is 9.76. The molecular formula is C23H24ClNO5. The van der Waals surface area contributed by atoms with Gasteiger partial charge in [-0.2, -0.15) is 0 Å². The molecule has 7 heteroatoms. The molecule has 3 rings (SSSR count). The third-order valence-corrected chi connectivity index (χ3v) is 5.71. The summed E-state index contributed by atoms with van der Waals surface area (Å²) < 4.78 is 10.4. The van der Waals surface area contributed by atoms with Gasteiger partial charge >= 0.3 is 5.97 Å². The van der Waals surface area contributed by atoms with Crippen LogP contribution in [0.25, 0.3) is 0 Å². The summed E-state index contributed by atoms with van der Waals surface area (Å²) in [5.41, 5.74) is -0.549. The van der Waals surface area contributed by atoms with Crippen molar-refractivity contribution >= 4 is 29.3 Å². The summed E-state index contributed by atoms with van der Waals surface area (Å²) in [6.07, 6.45) is 2.41. The second-order valence-electron chi connectivity index (χ2n) is 7.19. The number of hydrogen-bond donors (Lipinski definition) is 0. The molecule has 0 heterocycles. The number of Topliss-reactive ketones (excluding diaryl/α,β-unsaturated/α-hetero) is 1.